The standard InChI is InChI=1S/C26H31NO/c1-4-17-14-20-22-8-7-21(18-6-5-13-27-16-18)25(22,2)12-10-23(20)26(3)11-9-19(28)15-24(17)26/h5-8,13,15-17,20,23H,4,9-12,14H2,1-3H3/t17?,20-,23-,25+,26+/m0/s1. The van der Waals surface area contributed by atoms with Crippen LogP contribution in [0.15, 0.2) is 53.9 Å². The summed E-state index contributed by atoms with van der Waals surface area (Å²) in [5.74, 6) is 2.23. The first-order chi connectivity index (χ1) is 13.5. The van der Waals surface area contributed by atoms with Gasteiger partial charge in [-0.05, 0) is 78.6 Å². The number of aromatic nitrogens is 1. The van der Waals surface area contributed by atoms with Gasteiger partial charge >= 0.3 is 0 Å². The maximum atomic E-state index is 12.2. The molecular weight excluding hydrogens is 342 g/mol. The summed E-state index contributed by atoms with van der Waals surface area (Å²) in [6, 6.07) is 4.26. The molecule has 0 radical (unpaired) electrons. The van der Waals surface area contributed by atoms with Crippen LogP contribution in [0.5, 0.6) is 0 Å². The van der Waals surface area contributed by atoms with Crippen molar-refractivity contribution in [1.29, 1.82) is 0 Å². The molecule has 4 aliphatic rings. The predicted molar refractivity (Wildman–Crippen MR) is 113 cm³/mol. The Hall–Kier alpha value is -1.96. The highest BCUT2D eigenvalue weighted by molar-refractivity contribution is 5.91. The third-order valence-electron chi connectivity index (χ3n) is 8.63. The molecule has 5 atom stereocenters. The minimum absolute atomic E-state index is 0.143. The van der Waals surface area contributed by atoms with Gasteiger partial charge in [0, 0.05) is 24.2 Å². The van der Waals surface area contributed by atoms with E-state index in [2.05, 4.69) is 44.0 Å². The van der Waals surface area contributed by atoms with E-state index in [0.29, 0.717) is 23.5 Å². The molecule has 28 heavy (non-hydrogen) atoms. The molecule has 0 aromatic carbocycles. The monoisotopic (exact) mass is 373 g/mol. The number of hydrogen-bond acceptors (Lipinski definition) is 2. The number of ketones is 1. The van der Waals surface area contributed by atoms with Gasteiger partial charge in [-0.3, -0.25) is 9.78 Å². The SMILES string of the molecule is CCC1C[C@H]2C3=CC=C(c4cccnc4)[C@@]3(C)CC[C@@H]2[C@@]2(C)CCC(=O)C=C12. The molecule has 146 valence electrons. The van der Waals surface area contributed by atoms with E-state index in [-0.39, 0.29) is 10.8 Å². The molecule has 5 rings (SSSR count). The van der Waals surface area contributed by atoms with Crippen molar-refractivity contribution in [3.05, 3.63) is 59.5 Å². The minimum Gasteiger partial charge on any atom is -0.295 e. The Kier molecular flexibility index (Phi) is 4.05. The van der Waals surface area contributed by atoms with E-state index in [1.54, 1.807) is 5.57 Å². The van der Waals surface area contributed by atoms with Gasteiger partial charge in [0.1, 0.15) is 0 Å². The quantitative estimate of drug-likeness (QED) is 0.621. The minimum atomic E-state index is 0.143. The van der Waals surface area contributed by atoms with Crippen molar-refractivity contribution in [1.82, 2.24) is 4.98 Å². The topological polar surface area (TPSA) is 30.0 Å². The van der Waals surface area contributed by atoms with Crippen molar-refractivity contribution in [3.8, 4) is 0 Å². The van der Waals surface area contributed by atoms with Crippen molar-refractivity contribution in [2.45, 2.75) is 59.3 Å². The first-order valence-electron chi connectivity index (χ1n) is 11.1. The van der Waals surface area contributed by atoms with E-state index in [1.165, 1.54) is 36.0 Å². The lowest BCUT2D eigenvalue weighted by Crippen LogP contribution is -2.49. The zero-order valence-corrected chi connectivity index (χ0v) is 17.4. The Labute approximate surface area is 168 Å². The lowest BCUT2D eigenvalue weighted by Gasteiger charge is -2.58. The molecule has 1 unspecified atom stereocenters. The molecule has 2 heteroatoms. The molecule has 2 fully saturated rings. The Morgan fingerprint density at radius 1 is 1.18 bits per heavy atom. The highest BCUT2D eigenvalue weighted by atomic mass is 16.1. The van der Waals surface area contributed by atoms with Gasteiger partial charge in [0.2, 0.25) is 0 Å². The Morgan fingerprint density at radius 2 is 2.04 bits per heavy atom. The summed E-state index contributed by atoms with van der Waals surface area (Å²) in [6.45, 7) is 7.23. The van der Waals surface area contributed by atoms with Crippen molar-refractivity contribution < 1.29 is 4.79 Å². The van der Waals surface area contributed by atoms with Crippen LogP contribution in [-0.2, 0) is 4.79 Å². The summed E-state index contributed by atoms with van der Waals surface area (Å²) in [6.07, 6.45) is 17.3. The summed E-state index contributed by atoms with van der Waals surface area (Å²) in [4.78, 5) is 16.6. The first-order valence-corrected chi connectivity index (χ1v) is 11.1. The third kappa shape index (κ3) is 2.39. The number of carbonyl (C=O) groups excluding carboxylic acids is 1. The normalized spacial score (nSPS) is 39.3. The molecule has 0 bridgehead atoms. The maximum Gasteiger partial charge on any atom is 0.155 e. The van der Waals surface area contributed by atoms with E-state index in [4.69, 9.17) is 0 Å². The second kappa shape index (κ2) is 6.27. The maximum absolute atomic E-state index is 12.2. The van der Waals surface area contributed by atoms with Crippen LogP contribution in [0, 0.1) is 28.6 Å². The summed E-state index contributed by atoms with van der Waals surface area (Å²) >= 11 is 0. The Balaban J connectivity index is 1.53. The van der Waals surface area contributed by atoms with Crippen LogP contribution in [0.3, 0.4) is 0 Å². The van der Waals surface area contributed by atoms with Gasteiger partial charge in [-0.1, -0.05) is 50.1 Å². The molecule has 1 heterocycles. The number of fused-ring (bicyclic) bond motifs is 5. The molecule has 1 aromatic rings. The largest absolute Gasteiger partial charge is 0.295 e. The van der Waals surface area contributed by atoms with Gasteiger partial charge in [-0.2, -0.15) is 0 Å². The molecular formula is C26H31NO. The van der Waals surface area contributed by atoms with Crippen LogP contribution in [0.1, 0.15) is 64.9 Å². The van der Waals surface area contributed by atoms with Crippen LogP contribution in [0.25, 0.3) is 5.57 Å². The van der Waals surface area contributed by atoms with Gasteiger partial charge in [0.15, 0.2) is 5.78 Å². The highest BCUT2D eigenvalue weighted by Crippen LogP contribution is 2.66. The van der Waals surface area contributed by atoms with E-state index < -0.39 is 0 Å². The van der Waals surface area contributed by atoms with Crippen molar-refractivity contribution in [2.75, 3.05) is 0 Å². The lowest BCUT2D eigenvalue weighted by molar-refractivity contribution is -0.116. The zero-order valence-electron chi connectivity index (χ0n) is 17.4. The van der Waals surface area contributed by atoms with E-state index in [1.807, 2.05) is 24.5 Å². The van der Waals surface area contributed by atoms with Gasteiger partial charge in [0.25, 0.3) is 0 Å². The summed E-state index contributed by atoms with van der Waals surface area (Å²) in [7, 11) is 0. The fourth-order valence-electron chi connectivity index (χ4n) is 7.10. The van der Waals surface area contributed by atoms with Gasteiger partial charge in [-0.15, -0.1) is 0 Å². The van der Waals surface area contributed by atoms with Crippen molar-refractivity contribution >= 4 is 11.4 Å². The van der Waals surface area contributed by atoms with Crippen molar-refractivity contribution in [2.24, 2.45) is 28.6 Å². The molecule has 0 aliphatic heterocycles. The highest BCUT2D eigenvalue weighted by Gasteiger charge is 2.56. The Bertz CT molecular complexity index is 908. The third-order valence-corrected chi connectivity index (χ3v) is 8.63. The molecule has 4 aliphatic carbocycles. The van der Waals surface area contributed by atoms with E-state index in [9.17, 15) is 4.79 Å². The van der Waals surface area contributed by atoms with Gasteiger partial charge in [0.05, 0.1) is 0 Å². The second-order valence-electron chi connectivity index (χ2n) is 9.85. The number of pyridine rings is 1. The van der Waals surface area contributed by atoms with Crippen LogP contribution >= 0.6 is 0 Å². The lowest BCUT2D eigenvalue weighted by atomic mass is 9.46. The number of rotatable bonds is 2. The van der Waals surface area contributed by atoms with Crippen molar-refractivity contribution in [3.63, 3.8) is 0 Å². The molecule has 1 aromatic heterocycles. The summed E-state index contributed by atoms with van der Waals surface area (Å²) in [5, 5.41) is 0. The first kappa shape index (κ1) is 18.1. The number of hydrogen-bond donors (Lipinski definition) is 0. The fourth-order valence-corrected chi connectivity index (χ4v) is 7.10. The summed E-state index contributed by atoms with van der Waals surface area (Å²) in [5.41, 5.74) is 6.20. The van der Waals surface area contributed by atoms with Gasteiger partial charge < -0.3 is 0 Å². The number of nitrogens with zero attached hydrogens (tertiary/aromatic N) is 1. The molecule has 2 nitrogen and oxygen atoms in total. The average molecular weight is 374 g/mol. The second-order valence-corrected chi connectivity index (χ2v) is 9.85. The number of allylic oxidation sites excluding steroid dienone is 6. The predicted octanol–water partition coefficient (Wildman–Crippen LogP) is 6.16. The van der Waals surface area contributed by atoms with E-state index in [0.717, 1.165) is 19.3 Å². The fraction of sp³-hybridized carbons (Fsp3) is 0.538. The molecule has 0 spiro atoms. The molecule has 2 saturated carbocycles. The summed E-state index contributed by atoms with van der Waals surface area (Å²) < 4.78 is 0. The zero-order chi connectivity index (χ0) is 19.5. The van der Waals surface area contributed by atoms with Crippen LogP contribution in [0.2, 0.25) is 0 Å². The van der Waals surface area contributed by atoms with Crippen LogP contribution < -0.4 is 0 Å². The molecule has 0 saturated heterocycles. The number of carbonyl (C=O) groups is 1. The van der Waals surface area contributed by atoms with Gasteiger partial charge in [-0.25, -0.2) is 0 Å². The smallest absolute Gasteiger partial charge is 0.155 e. The molecule has 0 N–H and O–H groups in total. The van der Waals surface area contributed by atoms with Crippen LogP contribution in [-0.4, -0.2) is 10.8 Å². The molecule has 0 amide bonds. The van der Waals surface area contributed by atoms with E-state index >= 15 is 0 Å². The Morgan fingerprint density at radius 3 is 2.79 bits per heavy atom. The average Bonchev–Trinajstić information content (AvgIpc) is 3.06. The van der Waals surface area contributed by atoms with Crippen LogP contribution in [0.4, 0.5) is 0 Å².